The number of nitrogens with two attached hydrogens (primary N) is 2. The molecule has 0 bridgehead atoms. The molecular weight excluding hydrogens is 405 g/mol. The van der Waals surface area contributed by atoms with E-state index < -0.39 is 60.5 Å². The van der Waals surface area contributed by atoms with Gasteiger partial charge in [0.05, 0.1) is 18.5 Å². The average molecular weight is 437 g/mol. The molecule has 0 saturated heterocycles. The molecular formula is C16H32N5O7P. The second kappa shape index (κ2) is 11.4. The van der Waals surface area contributed by atoms with Crippen LogP contribution in [0.4, 0.5) is 0 Å². The lowest BCUT2D eigenvalue weighted by Crippen LogP contribution is -2.63. The zero-order chi connectivity index (χ0) is 23.0. The first kappa shape index (κ1) is 27.1. The lowest BCUT2D eigenvalue weighted by atomic mass is 9.95. The van der Waals surface area contributed by atoms with Crippen LogP contribution in [0.25, 0.3) is 0 Å². The normalized spacial score (nSPS) is 18.4. The molecule has 168 valence electrons. The summed E-state index contributed by atoms with van der Waals surface area (Å²) in [6, 6.07) is -2.87. The van der Waals surface area contributed by atoms with Crippen LogP contribution in [0.1, 0.15) is 33.6 Å². The molecule has 0 aliphatic carbocycles. The standard InChI is InChI=1S/C16H32N5O7P/c1-5-6-10(21-15(26)16(3,18)12(22)7-19-4)13(23)20-11(14(24)25)8-29(27,28)9(2)17/h9-11,19H,5-8,17-18H2,1-4H3,(H,20,23)(H,21,26)(H,24,25)(H,27,28)/t9?,10-,11?,16+/m0/s1. The van der Waals surface area contributed by atoms with E-state index in [1.165, 1.54) is 20.9 Å². The van der Waals surface area contributed by atoms with Crippen molar-refractivity contribution in [3.8, 4) is 0 Å². The van der Waals surface area contributed by atoms with Crippen LogP contribution in [0, 0.1) is 0 Å². The van der Waals surface area contributed by atoms with Crippen molar-refractivity contribution in [1.29, 1.82) is 0 Å². The van der Waals surface area contributed by atoms with Gasteiger partial charge in [-0.15, -0.1) is 0 Å². The number of aliphatic carboxylic acids is 1. The van der Waals surface area contributed by atoms with Gasteiger partial charge in [-0.1, -0.05) is 13.3 Å². The van der Waals surface area contributed by atoms with Crippen LogP contribution < -0.4 is 27.4 Å². The summed E-state index contributed by atoms with van der Waals surface area (Å²) in [5.74, 6) is -5.09. The van der Waals surface area contributed by atoms with Crippen LogP contribution in [0.2, 0.25) is 0 Å². The molecule has 29 heavy (non-hydrogen) atoms. The second-order valence-corrected chi connectivity index (χ2v) is 9.74. The molecule has 0 radical (unpaired) electrons. The van der Waals surface area contributed by atoms with Gasteiger partial charge in [0.15, 0.2) is 11.3 Å². The van der Waals surface area contributed by atoms with Gasteiger partial charge in [0, 0.05) is 0 Å². The summed E-state index contributed by atoms with van der Waals surface area (Å²) in [6.45, 7) is 4.03. The summed E-state index contributed by atoms with van der Waals surface area (Å²) in [7, 11) is -2.52. The third-order valence-corrected chi connectivity index (χ3v) is 6.44. The smallest absolute Gasteiger partial charge is 0.326 e. The molecule has 13 heteroatoms. The maximum Gasteiger partial charge on any atom is 0.326 e. The molecule has 0 aromatic carbocycles. The van der Waals surface area contributed by atoms with Crippen molar-refractivity contribution in [2.24, 2.45) is 11.5 Å². The Labute approximate surface area is 169 Å². The van der Waals surface area contributed by atoms with Crippen LogP contribution in [-0.4, -0.2) is 76.7 Å². The first-order valence-corrected chi connectivity index (χ1v) is 11.0. The Morgan fingerprint density at radius 3 is 2.14 bits per heavy atom. The monoisotopic (exact) mass is 437 g/mol. The summed E-state index contributed by atoms with van der Waals surface area (Å²) < 4.78 is 12.0. The number of carboxylic acid groups (broad SMARTS) is 1. The number of hydrogen-bond acceptors (Lipinski definition) is 8. The fraction of sp³-hybridized carbons (Fsp3) is 0.750. The number of ketones is 1. The van der Waals surface area contributed by atoms with Crippen molar-refractivity contribution >= 4 is 30.9 Å². The van der Waals surface area contributed by atoms with Crippen molar-refractivity contribution in [2.45, 2.75) is 57.0 Å². The quantitative estimate of drug-likeness (QED) is 0.123. The number of rotatable bonds is 13. The molecule has 12 nitrogen and oxygen atoms in total. The summed E-state index contributed by atoms with van der Waals surface area (Å²) in [6.07, 6.45) is -0.196. The first-order valence-electron chi connectivity index (χ1n) is 9.08. The van der Waals surface area contributed by atoms with Gasteiger partial charge in [0.2, 0.25) is 19.2 Å². The van der Waals surface area contributed by atoms with E-state index in [1.807, 2.05) is 0 Å². The van der Waals surface area contributed by atoms with E-state index in [1.54, 1.807) is 6.92 Å². The van der Waals surface area contributed by atoms with Crippen molar-refractivity contribution in [2.75, 3.05) is 19.8 Å². The van der Waals surface area contributed by atoms with E-state index in [9.17, 15) is 33.7 Å². The maximum absolute atomic E-state index is 12.5. The molecule has 0 aliphatic heterocycles. The first-order chi connectivity index (χ1) is 13.2. The number of amides is 2. The molecule has 0 heterocycles. The molecule has 0 aliphatic rings. The fourth-order valence-corrected chi connectivity index (χ4v) is 3.33. The highest BCUT2D eigenvalue weighted by molar-refractivity contribution is 7.58. The van der Waals surface area contributed by atoms with Crippen LogP contribution in [0.3, 0.4) is 0 Å². The second-order valence-electron chi connectivity index (χ2n) is 7.05. The molecule has 0 rings (SSSR count). The lowest BCUT2D eigenvalue weighted by Gasteiger charge is -2.27. The van der Waals surface area contributed by atoms with E-state index >= 15 is 0 Å². The van der Waals surface area contributed by atoms with Gasteiger partial charge in [-0.25, -0.2) is 4.79 Å². The summed E-state index contributed by atoms with van der Waals surface area (Å²) in [4.78, 5) is 58.2. The van der Waals surface area contributed by atoms with Gasteiger partial charge in [-0.2, -0.15) is 0 Å². The van der Waals surface area contributed by atoms with Crippen molar-refractivity contribution < 1.29 is 33.7 Å². The summed E-state index contributed by atoms with van der Waals surface area (Å²) >= 11 is 0. The largest absolute Gasteiger partial charge is 0.480 e. The van der Waals surface area contributed by atoms with E-state index in [-0.39, 0.29) is 13.0 Å². The molecule has 0 fully saturated rings. The zero-order valence-electron chi connectivity index (χ0n) is 17.1. The van der Waals surface area contributed by atoms with E-state index in [4.69, 9.17) is 11.5 Å². The Morgan fingerprint density at radius 1 is 1.17 bits per heavy atom. The summed E-state index contributed by atoms with van der Waals surface area (Å²) in [5, 5.41) is 16.4. The Bertz CT molecular complexity index is 668. The zero-order valence-corrected chi connectivity index (χ0v) is 18.0. The van der Waals surface area contributed by atoms with Gasteiger partial charge >= 0.3 is 5.97 Å². The van der Waals surface area contributed by atoms with Crippen molar-refractivity contribution in [3.05, 3.63) is 0 Å². The molecule has 5 atom stereocenters. The number of hydrogen-bond donors (Lipinski definition) is 7. The molecule has 0 aromatic rings. The van der Waals surface area contributed by atoms with E-state index in [0.29, 0.717) is 6.42 Å². The number of carbonyl (C=O) groups is 4. The lowest BCUT2D eigenvalue weighted by molar-refractivity contribution is -0.141. The van der Waals surface area contributed by atoms with Gasteiger partial charge in [0.1, 0.15) is 12.1 Å². The Balaban J connectivity index is 5.38. The average Bonchev–Trinajstić information content (AvgIpc) is 2.60. The van der Waals surface area contributed by atoms with Crippen LogP contribution in [0.5, 0.6) is 0 Å². The fourth-order valence-electron chi connectivity index (χ4n) is 2.22. The van der Waals surface area contributed by atoms with Crippen LogP contribution in [-0.2, 0) is 23.7 Å². The van der Waals surface area contributed by atoms with Gasteiger partial charge in [0.25, 0.3) is 0 Å². The molecule has 0 saturated carbocycles. The molecule has 0 aromatic heterocycles. The maximum atomic E-state index is 12.5. The number of likely N-dealkylation sites (N-methyl/N-ethyl adjacent to an activating group) is 1. The minimum atomic E-state index is -4.03. The minimum Gasteiger partial charge on any atom is -0.480 e. The number of nitrogens with one attached hydrogen (secondary N) is 3. The highest BCUT2D eigenvalue weighted by Crippen LogP contribution is 2.44. The third-order valence-electron chi connectivity index (χ3n) is 4.28. The minimum absolute atomic E-state index is 0.129. The third kappa shape index (κ3) is 8.19. The Kier molecular flexibility index (Phi) is 10.6. The van der Waals surface area contributed by atoms with E-state index in [0.717, 1.165) is 0 Å². The molecule has 0 spiro atoms. The van der Waals surface area contributed by atoms with Crippen LogP contribution in [0.15, 0.2) is 0 Å². The highest BCUT2D eigenvalue weighted by atomic mass is 31.2. The topological polar surface area (TPSA) is 214 Å². The van der Waals surface area contributed by atoms with Gasteiger partial charge in [-0.05, 0) is 27.3 Å². The molecule has 2 amide bonds. The van der Waals surface area contributed by atoms with Crippen molar-refractivity contribution in [1.82, 2.24) is 16.0 Å². The van der Waals surface area contributed by atoms with Crippen molar-refractivity contribution in [3.63, 3.8) is 0 Å². The number of carboxylic acids is 1. The van der Waals surface area contributed by atoms with Crippen LogP contribution >= 0.6 is 7.37 Å². The predicted molar refractivity (Wildman–Crippen MR) is 106 cm³/mol. The highest BCUT2D eigenvalue weighted by Gasteiger charge is 2.39. The summed E-state index contributed by atoms with van der Waals surface area (Å²) in [5.41, 5.74) is 9.28. The van der Waals surface area contributed by atoms with Gasteiger partial charge < -0.3 is 37.4 Å². The predicted octanol–water partition coefficient (Wildman–Crippen LogP) is -2.08. The van der Waals surface area contributed by atoms with Gasteiger partial charge in [-0.3, -0.25) is 18.9 Å². The Hall–Kier alpha value is -1.85. The Morgan fingerprint density at radius 2 is 1.72 bits per heavy atom. The molecule has 9 N–H and O–H groups in total. The molecule has 3 unspecified atom stereocenters. The number of Topliss-reactive ketones (excluding diaryl/α,β-unsaturated/α-hetero) is 1. The SMILES string of the molecule is CCC[C@H](NC(=O)[C@](C)(N)C(=O)CNC)C(=O)NC(CP(=O)(O)C(C)N)C(=O)O. The number of carbonyl (C=O) groups excluding carboxylic acids is 3. The van der Waals surface area contributed by atoms with E-state index in [2.05, 4.69) is 16.0 Å².